The Bertz CT molecular complexity index is 3080. The summed E-state index contributed by atoms with van der Waals surface area (Å²) in [5.74, 6) is 0. The van der Waals surface area contributed by atoms with E-state index >= 15 is 0 Å². The smallest absolute Gasteiger partial charge is 0.252 e. The Morgan fingerprint density at radius 1 is 0.353 bits per heavy atom. The molecule has 0 saturated carbocycles. The van der Waals surface area contributed by atoms with Gasteiger partial charge in [-0.15, -0.1) is 0 Å². The Balaban J connectivity index is 1.46. The molecule has 8 aromatic rings. The number of benzene rings is 8. The number of rotatable bonds is 5. The van der Waals surface area contributed by atoms with E-state index in [4.69, 9.17) is 0 Å². The fraction of sp³-hybridized carbons (Fsp3) is 0.262. The largest absolute Gasteiger partial charge is 0.311 e. The maximum absolute atomic E-state index is 2.68. The minimum absolute atomic E-state index is 0.0549. The molecule has 0 aromatic heterocycles. The van der Waals surface area contributed by atoms with Crippen molar-refractivity contribution in [3.63, 3.8) is 0 Å². The second-order valence-electron chi connectivity index (χ2n) is 22.4. The van der Waals surface area contributed by atoms with Crippen molar-refractivity contribution in [3.8, 4) is 33.4 Å². The first-order chi connectivity index (χ1) is 32.2. The third-order valence-electron chi connectivity index (χ3n) is 14.8. The molecule has 0 saturated heterocycles. The van der Waals surface area contributed by atoms with Crippen molar-refractivity contribution in [1.82, 2.24) is 0 Å². The molecule has 0 amide bonds. The molecule has 0 atom stereocenters. The van der Waals surface area contributed by atoms with Gasteiger partial charge in [-0.25, -0.2) is 0 Å². The SMILES string of the molecule is Cc1cc(C)c(-c2cc3c4c(c2)N(c2c(C)cc(C)cc2C)c2cc(-c5ccccc5)c(C(C)(C)C)cc2B4c2cc(C(C)(C)C)c(-c4ccccc4)cc2N3c2c(C)cc(C)cc2C)c(C)c1. The fourth-order valence-electron chi connectivity index (χ4n) is 12.4. The monoisotopic (exact) mass is 887 g/mol. The quantitative estimate of drug-likeness (QED) is 0.159. The van der Waals surface area contributed by atoms with E-state index in [0.29, 0.717) is 0 Å². The predicted molar refractivity (Wildman–Crippen MR) is 297 cm³/mol. The lowest BCUT2D eigenvalue weighted by Crippen LogP contribution is -2.62. The van der Waals surface area contributed by atoms with Crippen LogP contribution in [0.3, 0.4) is 0 Å². The first kappa shape index (κ1) is 45.2. The van der Waals surface area contributed by atoms with Crippen LogP contribution in [0.4, 0.5) is 34.1 Å². The van der Waals surface area contributed by atoms with Crippen LogP contribution in [0.15, 0.2) is 133 Å². The fourth-order valence-corrected chi connectivity index (χ4v) is 12.4. The van der Waals surface area contributed by atoms with Crippen LogP contribution in [0.1, 0.15) is 103 Å². The number of fused-ring (bicyclic) bond motifs is 4. The van der Waals surface area contributed by atoms with Gasteiger partial charge in [-0.05, 0) is 192 Å². The Morgan fingerprint density at radius 3 is 1.03 bits per heavy atom. The summed E-state index contributed by atoms with van der Waals surface area (Å²) in [5, 5.41) is 0. The maximum Gasteiger partial charge on any atom is 0.252 e. The minimum Gasteiger partial charge on any atom is -0.311 e. The number of nitrogens with zero attached hydrogens (tertiary/aromatic N) is 2. The minimum atomic E-state index is -0.137. The summed E-state index contributed by atoms with van der Waals surface area (Å²) < 4.78 is 0. The summed E-state index contributed by atoms with van der Waals surface area (Å²) in [6, 6.07) is 51.9. The molecule has 3 heteroatoms. The lowest BCUT2D eigenvalue weighted by atomic mass is 9.33. The summed E-state index contributed by atoms with van der Waals surface area (Å²) in [4.78, 5) is 5.36. The molecule has 0 aliphatic carbocycles. The van der Waals surface area contributed by atoms with E-state index in [2.05, 4.69) is 247 Å². The average Bonchev–Trinajstić information content (AvgIpc) is 3.26. The summed E-state index contributed by atoms with van der Waals surface area (Å²) in [5.41, 5.74) is 33.1. The average molecular weight is 887 g/mol. The molecular weight excluding hydrogens is 820 g/mol. The summed E-state index contributed by atoms with van der Waals surface area (Å²) in [6.45, 7) is 34.8. The van der Waals surface area contributed by atoms with Gasteiger partial charge in [-0.3, -0.25) is 0 Å². The van der Waals surface area contributed by atoms with E-state index < -0.39 is 0 Å². The van der Waals surface area contributed by atoms with Gasteiger partial charge in [-0.1, -0.05) is 167 Å². The van der Waals surface area contributed by atoms with Crippen LogP contribution in [0.25, 0.3) is 33.4 Å². The Hall–Kier alpha value is -6.58. The molecule has 2 aliphatic heterocycles. The van der Waals surface area contributed by atoms with Gasteiger partial charge < -0.3 is 9.80 Å². The van der Waals surface area contributed by atoms with Crippen LogP contribution in [0.5, 0.6) is 0 Å². The van der Waals surface area contributed by atoms with Crippen molar-refractivity contribution in [1.29, 1.82) is 0 Å². The molecule has 0 unspecified atom stereocenters. The zero-order chi connectivity index (χ0) is 48.3. The second-order valence-corrected chi connectivity index (χ2v) is 22.4. The van der Waals surface area contributed by atoms with Gasteiger partial charge in [0, 0.05) is 22.7 Å². The van der Waals surface area contributed by atoms with Gasteiger partial charge in [0.05, 0.1) is 11.4 Å². The van der Waals surface area contributed by atoms with E-state index in [1.54, 1.807) is 0 Å². The molecule has 10 rings (SSSR count). The van der Waals surface area contributed by atoms with Crippen LogP contribution in [0.2, 0.25) is 0 Å². The van der Waals surface area contributed by atoms with Crippen molar-refractivity contribution >= 4 is 57.2 Å². The first-order valence-electron chi connectivity index (χ1n) is 24.7. The number of hydrogen-bond acceptors (Lipinski definition) is 2. The van der Waals surface area contributed by atoms with Crippen molar-refractivity contribution < 1.29 is 0 Å². The van der Waals surface area contributed by atoms with E-state index in [1.165, 1.54) is 145 Å². The maximum atomic E-state index is 2.68. The molecule has 2 aliphatic rings. The normalized spacial score (nSPS) is 13.1. The zero-order valence-corrected chi connectivity index (χ0v) is 43.2. The lowest BCUT2D eigenvalue weighted by Gasteiger charge is -2.47. The highest BCUT2D eigenvalue weighted by Crippen LogP contribution is 2.52. The highest BCUT2D eigenvalue weighted by atomic mass is 15.2. The molecular formula is C65H67BN2. The Labute approximate surface area is 407 Å². The van der Waals surface area contributed by atoms with E-state index in [1.807, 2.05) is 0 Å². The van der Waals surface area contributed by atoms with Crippen molar-refractivity contribution in [2.75, 3.05) is 9.80 Å². The zero-order valence-electron chi connectivity index (χ0n) is 43.2. The molecule has 68 heavy (non-hydrogen) atoms. The van der Waals surface area contributed by atoms with Crippen LogP contribution in [0, 0.1) is 62.3 Å². The second kappa shape index (κ2) is 16.3. The standard InChI is InChI=1S/C65H67BN2/c1-38-26-41(4)60(42(5)27-38)49-32-58-61-59(33-49)68(63-45(8)30-40(3)31-46(63)9)57-35-51(48-24-20-17-21-25-48)53(65(13,14)15)37-55(57)66(61)54-36-52(64(10,11)12)50(47-22-18-16-19-23-47)34-56(54)67(58)62-43(6)28-39(2)29-44(62)7/h16-37H,1-15H3. The molecule has 2 heterocycles. The topological polar surface area (TPSA) is 6.48 Å². The van der Waals surface area contributed by atoms with E-state index in [-0.39, 0.29) is 17.5 Å². The summed E-state index contributed by atoms with van der Waals surface area (Å²) >= 11 is 0. The van der Waals surface area contributed by atoms with E-state index in [9.17, 15) is 0 Å². The lowest BCUT2D eigenvalue weighted by molar-refractivity contribution is 0.592. The highest BCUT2D eigenvalue weighted by Gasteiger charge is 2.46. The van der Waals surface area contributed by atoms with Gasteiger partial charge in [0.2, 0.25) is 0 Å². The molecule has 0 bridgehead atoms. The number of anilines is 6. The van der Waals surface area contributed by atoms with Crippen LogP contribution in [-0.2, 0) is 10.8 Å². The van der Waals surface area contributed by atoms with Crippen molar-refractivity contribution in [2.24, 2.45) is 0 Å². The molecule has 340 valence electrons. The van der Waals surface area contributed by atoms with Crippen LogP contribution >= 0.6 is 0 Å². The molecule has 2 nitrogen and oxygen atoms in total. The van der Waals surface area contributed by atoms with Gasteiger partial charge in [0.15, 0.2) is 0 Å². The molecule has 0 spiro atoms. The van der Waals surface area contributed by atoms with E-state index in [0.717, 1.165) is 0 Å². The summed E-state index contributed by atoms with van der Waals surface area (Å²) in [6.07, 6.45) is 0. The Morgan fingerprint density at radius 2 is 0.691 bits per heavy atom. The molecule has 0 radical (unpaired) electrons. The number of aryl methyl sites for hydroxylation is 9. The Kier molecular flexibility index (Phi) is 10.8. The van der Waals surface area contributed by atoms with Crippen molar-refractivity contribution in [3.05, 3.63) is 195 Å². The summed E-state index contributed by atoms with van der Waals surface area (Å²) in [7, 11) is 0. The predicted octanol–water partition coefficient (Wildman–Crippen LogP) is 16.1. The van der Waals surface area contributed by atoms with Gasteiger partial charge >= 0.3 is 0 Å². The van der Waals surface area contributed by atoms with Crippen LogP contribution in [-0.4, -0.2) is 6.71 Å². The van der Waals surface area contributed by atoms with Gasteiger partial charge in [0.25, 0.3) is 6.71 Å². The molecule has 8 aromatic carbocycles. The highest BCUT2D eigenvalue weighted by molar-refractivity contribution is 7.00. The van der Waals surface area contributed by atoms with Crippen LogP contribution < -0.4 is 26.2 Å². The first-order valence-corrected chi connectivity index (χ1v) is 24.7. The molecule has 0 fully saturated rings. The third kappa shape index (κ3) is 7.41. The van der Waals surface area contributed by atoms with Gasteiger partial charge in [0.1, 0.15) is 0 Å². The van der Waals surface area contributed by atoms with Crippen molar-refractivity contribution in [2.45, 2.75) is 115 Å². The molecule has 0 N–H and O–H groups in total. The van der Waals surface area contributed by atoms with Gasteiger partial charge in [-0.2, -0.15) is 0 Å². The number of hydrogen-bond donors (Lipinski definition) is 0. The third-order valence-corrected chi connectivity index (χ3v) is 14.8.